The number of likely N-dealkylation sites (N-methyl/N-ethyl adjacent to an activating group) is 1. The van der Waals surface area contributed by atoms with Crippen LogP contribution < -0.4 is 5.73 Å². The molecule has 2 rings (SSSR count). The highest BCUT2D eigenvalue weighted by Crippen LogP contribution is 2.28. The Labute approximate surface area is 111 Å². The molecule has 1 aromatic rings. The third-order valence-corrected chi connectivity index (χ3v) is 4.08. The lowest BCUT2D eigenvalue weighted by Crippen LogP contribution is -2.39. The quantitative estimate of drug-likeness (QED) is 0.811. The van der Waals surface area contributed by atoms with Crippen molar-refractivity contribution in [2.45, 2.75) is 39.9 Å². The first kappa shape index (κ1) is 13.4. The van der Waals surface area contributed by atoms with E-state index in [9.17, 15) is 0 Å². The maximum Gasteiger partial charge on any atom is 0.0363 e. The van der Waals surface area contributed by atoms with Crippen LogP contribution in [0.4, 0.5) is 5.69 Å². The molecule has 1 aliphatic heterocycles. The van der Waals surface area contributed by atoms with E-state index in [2.05, 4.69) is 42.7 Å². The lowest BCUT2D eigenvalue weighted by atomic mass is 10.1. The van der Waals surface area contributed by atoms with Crippen LogP contribution in [-0.4, -0.2) is 35.5 Å². The Morgan fingerprint density at radius 3 is 2.61 bits per heavy atom. The third-order valence-electron chi connectivity index (χ3n) is 4.08. The van der Waals surface area contributed by atoms with E-state index in [0.29, 0.717) is 6.04 Å². The summed E-state index contributed by atoms with van der Waals surface area (Å²) in [7, 11) is 0. The minimum Gasteiger partial charge on any atom is -0.398 e. The molecule has 1 heterocycles. The van der Waals surface area contributed by atoms with Crippen LogP contribution in [0.3, 0.4) is 0 Å². The Morgan fingerprint density at radius 1 is 1.28 bits per heavy atom. The Kier molecular flexibility index (Phi) is 4.25. The highest BCUT2D eigenvalue weighted by molar-refractivity contribution is 5.52. The predicted molar refractivity (Wildman–Crippen MR) is 77.4 cm³/mol. The van der Waals surface area contributed by atoms with E-state index in [1.165, 1.54) is 11.1 Å². The zero-order valence-corrected chi connectivity index (χ0v) is 11.8. The Morgan fingerprint density at radius 2 is 2.00 bits per heavy atom. The van der Waals surface area contributed by atoms with Gasteiger partial charge in [-0.15, -0.1) is 0 Å². The van der Waals surface area contributed by atoms with Crippen molar-refractivity contribution in [3.63, 3.8) is 0 Å². The lowest BCUT2D eigenvalue weighted by molar-refractivity contribution is 0.154. The summed E-state index contributed by atoms with van der Waals surface area (Å²) in [5, 5.41) is 0. The van der Waals surface area contributed by atoms with E-state index in [1.54, 1.807) is 0 Å². The number of anilines is 1. The first-order valence-corrected chi connectivity index (χ1v) is 6.98. The summed E-state index contributed by atoms with van der Waals surface area (Å²) < 4.78 is 0. The van der Waals surface area contributed by atoms with E-state index in [1.807, 2.05) is 6.07 Å². The standard InChI is InChI=1S/C15H25N3/c1-4-17(5-2)9-12(3)18-10-13-7-6-8-15(16)14(13)11-18/h6-8,12H,4-5,9-11,16H2,1-3H3. The summed E-state index contributed by atoms with van der Waals surface area (Å²) in [6.07, 6.45) is 0. The highest BCUT2D eigenvalue weighted by atomic mass is 15.2. The molecule has 3 nitrogen and oxygen atoms in total. The van der Waals surface area contributed by atoms with Crippen molar-refractivity contribution in [3.05, 3.63) is 29.3 Å². The largest absolute Gasteiger partial charge is 0.398 e. The number of fused-ring (bicyclic) bond motifs is 1. The van der Waals surface area contributed by atoms with Crippen molar-refractivity contribution in [2.24, 2.45) is 0 Å². The summed E-state index contributed by atoms with van der Waals surface area (Å²) in [4.78, 5) is 5.01. The van der Waals surface area contributed by atoms with Crippen LogP contribution in [0.2, 0.25) is 0 Å². The zero-order chi connectivity index (χ0) is 13.1. The summed E-state index contributed by atoms with van der Waals surface area (Å²) in [5.41, 5.74) is 9.74. The molecule has 0 saturated heterocycles. The fraction of sp³-hybridized carbons (Fsp3) is 0.600. The van der Waals surface area contributed by atoms with Crippen molar-refractivity contribution in [2.75, 3.05) is 25.4 Å². The monoisotopic (exact) mass is 247 g/mol. The van der Waals surface area contributed by atoms with E-state index in [4.69, 9.17) is 5.73 Å². The van der Waals surface area contributed by atoms with Gasteiger partial charge in [-0.05, 0) is 37.2 Å². The van der Waals surface area contributed by atoms with Gasteiger partial charge in [0.1, 0.15) is 0 Å². The van der Waals surface area contributed by atoms with Gasteiger partial charge in [0.05, 0.1) is 0 Å². The molecule has 0 bridgehead atoms. The van der Waals surface area contributed by atoms with Gasteiger partial charge < -0.3 is 10.6 Å². The predicted octanol–water partition coefficient (Wildman–Crippen LogP) is 2.31. The van der Waals surface area contributed by atoms with Crippen molar-refractivity contribution < 1.29 is 0 Å². The van der Waals surface area contributed by atoms with E-state index in [0.717, 1.165) is 38.4 Å². The van der Waals surface area contributed by atoms with Crippen LogP contribution in [0.1, 0.15) is 31.9 Å². The van der Waals surface area contributed by atoms with Gasteiger partial charge in [0.2, 0.25) is 0 Å². The van der Waals surface area contributed by atoms with Crippen LogP contribution >= 0.6 is 0 Å². The summed E-state index contributed by atoms with van der Waals surface area (Å²) in [5.74, 6) is 0. The summed E-state index contributed by atoms with van der Waals surface area (Å²) >= 11 is 0. The normalized spacial score (nSPS) is 17.1. The van der Waals surface area contributed by atoms with Gasteiger partial charge in [0, 0.05) is 31.4 Å². The molecule has 0 amide bonds. The van der Waals surface area contributed by atoms with Crippen molar-refractivity contribution in [1.82, 2.24) is 9.80 Å². The second-order valence-electron chi connectivity index (χ2n) is 5.22. The smallest absolute Gasteiger partial charge is 0.0363 e. The van der Waals surface area contributed by atoms with Crippen LogP contribution in [-0.2, 0) is 13.1 Å². The molecule has 1 unspecified atom stereocenters. The minimum absolute atomic E-state index is 0.580. The average molecular weight is 247 g/mol. The molecule has 100 valence electrons. The van der Waals surface area contributed by atoms with Gasteiger partial charge in [-0.25, -0.2) is 0 Å². The van der Waals surface area contributed by atoms with Crippen LogP contribution in [0, 0.1) is 0 Å². The number of rotatable bonds is 5. The maximum absolute atomic E-state index is 6.05. The van der Waals surface area contributed by atoms with Crippen molar-refractivity contribution in [1.29, 1.82) is 0 Å². The van der Waals surface area contributed by atoms with Gasteiger partial charge in [-0.2, -0.15) is 0 Å². The van der Waals surface area contributed by atoms with Crippen LogP contribution in [0.25, 0.3) is 0 Å². The topological polar surface area (TPSA) is 32.5 Å². The van der Waals surface area contributed by atoms with Gasteiger partial charge in [-0.3, -0.25) is 4.90 Å². The molecule has 0 aliphatic carbocycles. The molecule has 0 spiro atoms. The molecular formula is C15H25N3. The number of nitrogens with zero attached hydrogens (tertiary/aromatic N) is 2. The maximum atomic E-state index is 6.05. The van der Waals surface area contributed by atoms with Gasteiger partial charge in [-0.1, -0.05) is 26.0 Å². The van der Waals surface area contributed by atoms with Crippen molar-refractivity contribution >= 4 is 5.69 Å². The summed E-state index contributed by atoms with van der Waals surface area (Å²) in [6.45, 7) is 12.2. The Hall–Kier alpha value is -1.06. The molecule has 1 atom stereocenters. The molecular weight excluding hydrogens is 222 g/mol. The number of hydrogen-bond acceptors (Lipinski definition) is 3. The Balaban J connectivity index is 2.00. The second kappa shape index (κ2) is 5.72. The van der Waals surface area contributed by atoms with Crippen molar-refractivity contribution in [3.8, 4) is 0 Å². The lowest BCUT2D eigenvalue weighted by Gasteiger charge is -2.29. The fourth-order valence-corrected chi connectivity index (χ4v) is 2.76. The van der Waals surface area contributed by atoms with E-state index < -0.39 is 0 Å². The molecule has 3 heteroatoms. The molecule has 2 N–H and O–H groups in total. The molecule has 0 saturated carbocycles. The number of nitrogen functional groups attached to an aromatic ring is 1. The van der Waals surface area contributed by atoms with Crippen LogP contribution in [0.5, 0.6) is 0 Å². The van der Waals surface area contributed by atoms with Crippen LogP contribution in [0.15, 0.2) is 18.2 Å². The highest BCUT2D eigenvalue weighted by Gasteiger charge is 2.25. The van der Waals surface area contributed by atoms with E-state index >= 15 is 0 Å². The first-order valence-electron chi connectivity index (χ1n) is 6.98. The molecule has 1 aliphatic rings. The van der Waals surface area contributed by atoms with Gasteiger partial charge in [0.15, 0.2) is 0 Å². The summed E-state index contributed by atoms with van der Waals surface area (Å²) in [6, 6.07) is 6.86. The molecule has 18 heavy (non-hydrogen) atoms. The fourth-order valence-electron chi connectivity index (χ4n) is 2.76. The third kappa shape index (κ3) is 2.68. The first-order chi connectivity index (χ1) is 8.65. The van der Waals surface area contributed by atoms with Gasteiger partial charge in [0.25, 0.3) is 0 Å². The second-order valence-corrected chi connectivity index (χ2v) is 5.22. The zero-order valence-electron chi connectivity index (χ0n) is 11.8. The Bertz CT molecular complexity index is 399. The molecule has 0 radical (unpaired) electrons. The molecule has 0 aromatic heterocycles. The average Bonchev–Trinajstić information content (AvgIpc) is 2.81. The number of benzene rings is 1. The van der Waals surface area contributed by atoms with Gasteiger partial charge >= 0.3 is 0 Å². The minimum atomic E-state index is 0.580. The molecule has 0 fully saturated rings. The number of hydrogen-bond donors (Lipinski definition) is 1. The number of nitrogens with two attached hydrogens (primary N) is 1. The SMILES string of the molecule is CCN(CC)CC(C)N1Cc2cccc(N)c2C1. The molecule has 1 aromatic carbocycles. The van der Waals surface area contributed by atoms with E-state index in [-0.39, 0.29) is 0 Å².